The van der Waals surface area contributed by atoms with E-state index in [2.05, 4.69) is 15.4 Å². The molecule has 0 fully saturated rings. The average molecular weight is 168 g/mol. The van der Waals surface area contributed by atoms with Gasteiger partial charge in [-0.05, 0) is 6.92 Å². The number of rotatable bonds is 4. The summed E-state index contributed by atoms with van der Waals surface area (Å²) in [4.78, 5) is 8.05. The average Bonchev–Trinajstić information content (AvgIpc) is 2.15. The van der Waals surface area contributed by atoms with Gasteiger partial charge >= 0.3 is 0 Å². The molecule has 0 aliphatic rings. The molecule has 0 aliphatic heterocycles. The van der Waals surface area contributed by atoms with E-state index in [0.717, 1.165) is 0 Å². The second kappa shape index (κ2) is 4.63. The van der Waals surface area contributed by atoms with Crippen LogP contribution in [0.2, 0.25) is 0 Å². The fraction of sp³-hybridized carbons (Fsp3) is 0.429. The molecule has 0 atom stereocenters. The predicted octanol–water partition coefficient (Wildman–Crippen LogP) is 0.299. The highest BCUT2D eigenvalue weighted by molar-refractivity contribution is 5.30. The summed E-state index contributed by atoms with van der Waals surface area (Å²) in [5, 5.41) is 0. The Morgan fingerprint density at radius 3 is 3.17 bits per heavy atom. The number of nitrogens with zero attached hydrogens (tertiary/aromatic N) is 2. The molecule has 0 saturated heterocycles. The quantitative estimate of drug-likeness (QED) is 0.499. The van der Waals surface area contributed by atoms with E-state index in [1.807, 2.05) is 6.92 Å². The van der Waals surface area contributed by atoms with Crippen molar-refractivity contribution in [1.29, 1.82) is 0 Å². The van der Waals surface area contributed by atoms with E-state index in [1.165, 1.54) is 0 Å². The third-order valence-corrected chi connectivity index (χ3v) is 1.29. The van der Waals surface area contributed by atoms with Crippen LogP contribution in [0.15, 0.2) is 12.3 Å². The third-order valence-electron chi connectivity index (χ3n) is 1.29. The van der Waals surface area contributed by atoms with E-state index >= 15 is 0 Å². The molecule has 3 N–H and O–H groups in total. The maximum atomic E-state index is 5.17. The van der Waals surface area contributed by atoms with Gasteiger partial charge in [0.05, 0.1) is 0 Å². The van der Waals surface area contributed by atoms with Crippen molar-refractivity contribution in [3.05, 3.63) is 18.1 Å². The Labute approximate surface area is 70.9 Å². The molecular weight excluding hydrogens is 156 g/mol. The van der Waals surface area contributed by atoms with Crippen LogP contribution >= 0.6 is 0 Å². The molecule has 5 nitrogen and oxygen atoms in total. The summed E-state index contributed by atoms with van der Waals surface area (Å²) >= 11 is 0. The first-order valence-electron chi connectivity index (χ1n) is 3.73. The summed E-state index contributed by atoms with van der Waals surface area (Å²) in [6, 6.07) is 1.69. The smallest absolute Gasteiger partial charge is 0.156 e. The van der Waals surface area contributed by atoms with E-state index in [1.54, 1.807) is 12.3 Å². The number of hydrogen-bond acceptors (Lipinski definition) is 5. The van der Waals surface area contributed by atoms with Gasteiger partial charge in [-0.2, -0.15) is 0 Å². The van der Waals surface area contributed by atoms with Crippen LogP contribution in [0.5, 0.6) is 0 Å². The van der Waals surface area contributed by atoms with E-state index in [4.69, 9.17) is 10.6 Å². The van der Waals surface area contributed by atoms with Crippen molar-refractivity contribution in [1.82, 2.24) is 9.97 Å². The van der Waals surface area contributed by atoms with Gasteiger partial charge in [0.15, 0.2) is 5.82 Å². The molecule has 1 heterocycles. The first-order chi connectivity index (χ1) is 5.86. The number of nitrogens with one attached hydrogen (secondary N) is 1. The monoisotopic (exact) mass is 168 g/mol. The number of aromatic nitrogens is 2. The Bertz CT molecular complexity index is 241. The lowest BCUT2D eigenvalue weighted by atomic mass is 10.5. The molecule has 0 amide bonds. The summed E-state index contributed by atoms with van der Waals surface area (Å²) in [5.74, 6) is 6.39. The Kier molecular flexibility index (Phi) is 3.43. The minimum atomic E-state index is 0.423. The Morgan fingerprint density at radius 1 is 1.67 bits per heavy atom. The maximum absolute atomic E-state index is 5.17. The van der Waals surface area contributed by atoms with E-state index in [9.17, 15) is 0 Å². The van der Waals surface area contributed by atoms with Crippen LogP contribution in [0.1, 0.15) is 12.7 Å². The maximum Gasteiger partial charge on any atom is 0.156 e. The topological polar surface area (TPSA) is 73.1 Å². The number of anilines is 1. The molecular formula is C7H12N4O. The van der Waals surface area contributed by atoms with Gasteiger partial charge in [-0.1, -0.05) is 0 Å². The Balaban J connectivity index is 2.60. The standard InChI is InChI=1S/C7H12N4O/c1-2-12-5-7-9-4-3-6(10-7)11-8/h3-4H,2,5,8H2,1H3,(H,9,10,11). The number of ether oxygens (including phenoxy) is 1. The van der Waals surface area contributed by atoms with Gasteiger partial charge in [0, 0.05) is 18.9 Å². The van der Waals surface area contributed by atoms with Crippen molar-refractivity contribution >= 4 is 5.82 Å². The van der Waals surface area contributed by atoms with Gasteiger partial charge in [-0.15, -0.1) is 0 Å². The van der Waals surface area contributed by atoms with Crippen molar-refractivity contribution in [2.45, 2.75) is 13.5 Å². The lowest BCUT2D eigenvalue weighted by Crippen LogP contribution is -2.10. The molecule has 66 valence electrons. The van der Waals surface area contributed by atoms with Crippen molar-refractivity contribution in [3.8, 4) is 0 Å². The van der Waals surface area contributed by atoms with Crippen LogP contribution in [-0.4, -0.2) is 16.6 Å². The predicted molar refractivity (Wildman–Crippen MR) is 45.2 cm³/mol. The SMILES string of the molecule is CCOCc1nccc(NN)n1. The fourth-order valence-electron chi connectivity index (χ4n) is 0.742. The zero-order valence-corrected chi connectivity index (χ0v) is 6.95. The molecule has 0 aliphatic carbocycles. The lowest BCUT2D eigenvalue weighted by Gasteiger charge is -2.01. The zero-order valence-electron chi connectivity index (χ0n) is 6.95. The largest absolute Gasteiger partial charge is 0.374 e. The Hall–Kier alpha value is -1.20. The molecule has 0 radical (unpaired) electrons. The van der Waals surface area contributed by atoms with Crippen LogP contribution < -0.4 is 11.3 Å². The second-order valence-electron chi connectivity index (χ2n) is 2.14. The minimum Gasteiger partial charge on any atom is -0.374 e. The van der Waals surface area contributed by atoms with Gasteiger partial charge in [-0.25, -0.2) is 15.8 Å². The third kappa shape index (κ3) is 2.44. The van der Waals surface area contributed by atoms with Crippen LogP contribution in [0, 0.1) is 0 Å². The first kappa shape index (κ1) is 8.89. The van der Waals surface area contributed by atoms with Crippen LogP contribution in [0.25, 0.3) is 0 Å². The summed E-state index contributed by atoms with van der Waals surface area (Å²) in [6.45, 7) is 3.00. The molecule has 0 saturated carbocycles. The summed E-state index contributed by atoms with van der Waals surface area (Å²) < 4.78 is 5.13. The Morgan fingerprint density at radius 2 is 2.50 bits per heavy atom. The van der Waals surface area contributed by atoms with Gasteiger partial charge in [0.2, 0.25) is 0 Å². The van der Waals surface area contributed by atoms with Gasteiger partial charge in [-0.3, -0.25) is 0 Å². The molecule has 1 rings (SSSR count). The normalized spacial score (nSPS) is 9.83. The highest BCUT2D eigenvalue weighted by Crippen LogP contribution is 2.00. The lowest BCUT2D eigenvalue weighted by molar-refractivity contribution is 0.128. The van der Waals surface area contributed by atoms with Crippen LogP contribution in [-0.2, 0) is 11.3 Å². The number of nitrogens with two attached hydrogens (primary N) is 1. The van der Waals surface area contributed by atoms with Crippen molar-refractivity contribution in [2.75, 3.05) is 12.0 Å². The second-order valence-corrected chi connectivity index (χ2v) is 2.14. The summed E-state index contributed by atoms with van der Waals surface area (Å²) in [7, 11) is 0. The number of hydrogen-bond donors (Lipinski definition) is 2. The highest BCUT2D eigenvalue weighted by atomic mass is 16.5. The van der Waals surface area contributed by atoms with Gasteiger partial charge < -0.3 is 10.2 Å². The number of hydrazine groups is 1. The van der Waals surface area contributed by atoms with Gasteiger partial charge in [0.25, 0.3) is 0 Å². The summed E-state index contributed by atoms with van der Waals surface area (Å²) in [6.07, 6.45) is 1.64. The highest BCUT2D eigenvalue weighted by Gasteiger charge is 1.96. The molecule has 5 heteroatoms. The molecule has 0 unspecified atom stereocenters. The molecule has 12 heavy (non-hydrogen) atoms. The van der Waals surface area contributed by atoms with Crippen molar-refractivity contribution in [3.63, 3.8) is 0 Å². The van der Waals surface area contributed by atoms with Crippen LogP contribution in [0.4, 0.5) is 5.82 Å². The zero-order chi connectivity index (χ0) is 8.81. The van der Waals surface area contributed by atoms with Crippen LogP contribution in [0.3, 0.4) is 0 Å². The van der Waals surface area contributed by atoms with E-state index < -0.39 is 0 Å². The number of nitrogen functional groups attached to an aromatic ring is 1. The molecule has 1 aromatic rings. The molecule has 0 spiro atoms. The van der Waals surface area contributed by atoms with Crippen molar-refractivity contribution < 1.29 is 4.74 Å². The van der Waals surface area contributed by atoms with Gasteiger partial charge in [0.1, 0.15) is 12.4 Å². The van der Waals surface area contributed by atoms with E-state index in [0.29, 0.717) is 24.9 Å². The minimum absolute atomic E-state index is 0.423. The first-order valence-corrected chi connectivity index (χ1v) is 3.73. The van der Waals surface area contributed by atoms with E-state index in [-0.39, 0.29) is 0 Å². The fourth-order valence-corrected chi connectivity index (χ4v) is 0.742. The molecule has 1 aromatic heterocycles. The molecule has 0 aromatic carbocycles. The van der Waals surface area contributed by atoms with Crippen molar-refractivity contribution in [2.24, 2.45) is 5.84 Å². The summed E-state index contributed by atoms with van der Waals surface area (Å²) in [5.41, 5.74) is 2.44. The molecule has 0 bridgehead atoms.